The van der Waals surface area contributed by atoms with Crippen molar-refractivity contribution in [3.63, 3.8) is 0 Å². The summed E-state index contributed by atoms with van der Waals surface area (Å²) in [7, 11) is -2.91. The fraction of sp³-hybridized carbons (Fsp3) is 0.143. The molecule has 0 aromatic heterocycles. The molecule has 0 amide bonds. The number of anilines is 1. The van der Waals surface area contributed by atoms with Crippen LogP contribution in [-0.2, 0) is 10.0 Å². The Balaban J connectivity index is 2.35. The fourth-order valence-electron chi connectivity index (χ4n) is 1.83. The van der Waals surface area contributed by atoms with Crippen LogP contribution in [-0.4, -0.2) is 22.1 Å². The fourth-order valence-corrected chi connectivity index (χ4v) is 3.41. The Labute approximate surface area is 141 Å². The molecule has 1 N–H and O–H groups in total. The van der Waals surface area contributed by atoms with Crippen LogP contribution in [0.3, 0.4) is 0 Å². The average Bonchev–Trinajstić information content (AvgIpc) is 2.46. The maximum absolute atomic E-state index is 13.0. The van der Waals surface area contributed by atoms with Crippen LogP contribution in [0, 0.1) is 5.82 Å². The summed E-state index contributed by atoms with van der Waals surface area (Å²) < 4.78 is 73.6. The zero-order valence-corrected chi connectivity index (χ0v) is 13.7. The van der Waals surface area contributed by atoms with E-state index in [0.717, 1.165) is 24.3 Å². The van der Waals surface area contributed by atoms with E-state index in [1.807, 2.05) is 0 Å². The Hall–Kier alpha value is -2.13. The zero-order valence-electron chi connectivity index (χ0n) is 12.1. The summed E-state index contributed by atoms with van der Waals surface area (Å²) in [5.41, 5.74) is -0.0631. The van der Waals surface area contributed by atoms with Crippen LogP contribution < -0.4 is 14.2 Å². The standard InChI is InChI=1S/C14H11ClF3NO4S/c1-22-11-4-3-9(7-12(11)23-14(17)18)19-24(20,21)13-5-2-8(16)6-10(13)15/h2-7,14,19H,1H3. The molecule has 2 aromatic rings. The molecular weight excluding hydrogens is 371 g/mol. The predicted molar refractivity (Wildman–Crippen MR) is 81.8 cm³/mol. The second kappa shape index (κ2) is 7.18. The Morgan fingerprint density at radius 3 is 2.42 bits per heavy atom. The normalized spacial score (nSPS) is 11.4. The molecule has 0 radical (unpaired) electrons. The van der Waals surface area contributed by atoms with E-state index in [2.05, 4.69) is 9.46 Å². The second-order valence-corrected chi connectivity index (χ2v) is 6.48. The first-order valence-corrected chi connectivity index (χ1v) is 8.20. The first kappa shape index (κ1) is 18.2. The Kier molecular flexibility index (Phi) is 5.45. The molecule has 0 bridgehead atoms. The van der Waals surface area contributed by atoms with Crippen molar-refractivity contribution in [3.05, 3.63) is 47.2 Å². The Bertz CT molecular complexity index is 846. The molecule has 2 rings (SSSR count). The molecule has 0 unspecified atom stereocenters. The molecule has 0 aliphatic rings. The van der Waals surface area contributed by atoms with Crippen LogP contribution in [0.25, 0.3) is 0 Å². The third-order valence-electron chi connectivity index (χ3n) is 2.82. The first-order valence-electron chi connectivity index (χ1n) is 6.33. The lowest BCUT2D eigenvalue weighted by atomic mass is 10.3. The van der Waals surface area contributed by atoms with Gasteiger partial charge in [-0.1, -0.05) is 11.6 Å². The summed E-state index contributed by atoms with van der Waals surface area (Å²) >= 11 is 5.73. The SMILES string of the molecule is COc1ccc(NS(=O)(=O)c2ccc(F)cc2Cl)cc1OC(F)F. The van der Waals surface area contributed by atoms with Gasteiger partial charge in [-0.15, -0.1) is 0 Å². The summed E-state index contributed by atoms with van der Waals surface area (Å²) in [5, 5.41) is -0.319. The van der Waals surface area contributed by atoms with Crippen LogP contribution in [0.5, 0.6) is 11.5 Å². The predicted octanol–water partition coefficient (Wildman–Crippen LogP) is 3.89. The number of halogens is 4. The van der Waals surface area contributed by atoms with Crippen LogP contribution >= 0.6 is 11.6 Å². The van der Waals surface area contributed by atoms with Crippen LogP contribution in [0.4, 0.5) is 18.9 Å². The molecule has 0 atom stereocenters. The number of alkyl halides is 2. The lowest BCUT2D eigenvalue weighted by molar-refractivity contribution is -0.0511. The van der Waals surface area contributed by atoms with E-state index in [9.17, 15) is 21.6 Å². The highest BCUT2D eigenvalue weighted by Crippen LogP contribution is 2.33. The number of rotatable bonds is 6. The number of benzene rings is 2. The minimum atomic E-state index is -4.16. The summed E-state index contributed by atoms with van der Waals surface area (Å²) in [6.07, 6.45) is 0. The summed E-state index contributed by atoms with van der Waals surface area (Å²) in [4.78, 5) is -0.363. The number of hydrogen-bond donors (Lipinski definition) is 1. The van der Waals surface area contributed by atoms with Gasteiger partial charge < -0.3 is 9.47 Å². The van der Waals surface area contributed by atoms with E-state index in [1.54, 1.807) is 0 Å². The van der Waals surface area contributed by atoms with E-state index < -0.39 is 22.5 Å². The lowest BCUT2D eigenvalue weighted by Gasteiger charge is -2.13. The molecule has 2 aromatic carbocycles. The van der Waals surface area contributed by atoms with Crippen molar-refractivity contribution in [2.45, 2.75) is 11.5 Å². The molecule has 0 aliphatic heterocycles. The molecule has 0 saturated carbocycles. The Morgan fingerprint density at radius 2 is 1.83 bits per heavy atom. The summed E-state index contributed by atoms with van der Waals surface area (Å²) in [6, 6.07) is 6.32. The molecule has 0 saturated heterocycles. The number of sulfonamides is 1. The van der Waals surface area contributed by atoms with Gasteiger partial charge in [-0.3, -0.25) is 4.72 Å². The van der Waals surface area contributed by atoms with Crippen LogP contribution in [0.2, 0.25) is 5.02 Å². The lowest BCUT2D eigenvalue weighted by Crippen LogP contribution is -2.14. The third-order valence-corrected chi connectivity index (χ3v) is 4.68. The van der Waals surface area contributed by atoms with Gasteiger partial charge in [0.2, 0.25) is 0 Å². The minimum Gasteiger partial charge on any atom is -0.493 e. The van der Waals surface area contributed by atoms with Crippen LogP contribution in [0.1, 0.15) is 0 Å². The van der Waals surface area contributed by atoms with Gasteiger partial charge in [-0.25, -0.2) is 12.8 Å². The van der Waals surface area contributed by atoms with Crippen molar-refractivity contribution < 1.29 is 31.1 Å². The minimum absolute atomic E-state index is 0.00179. The van der Waals surface area contributed by atoms with E-state index in [0.29, 0.717) is 0 Å². The van der Waals surface area contributed by atoms with Crippen molar-refractivity contribution >= 4 is 27.3 Å². The third kappa shape index (κ3) is 4.24. The van der Waals surface area contributed by atoms with Crippen molar-refractivity contribution in [1.82, 2.24) is 0 Å². The summed E-state index contributed by atoms with van der Waals surface area (Å²) in [6.45, 7) is -3.11. The number of nitrogens with one attached hydrogen (secondary N) is 1. The van der Waals surface area contributed by atoms with Gasteiger partial charge in [-0.2, -0.15) is 8.78 Å². The molecule has 5 nitrogen and oxygen atoms in total. The van der Waals surface area contributed by atoms with Gasteiger partial charge in [0, 0.05) is 6.07 Å². The van der Waals surface area contributed by atoms with Gasteiger partial charge in [0.25, 0.3) is 10.0 Å². The van der Waals surface area contributed by atoms with E-state index in [4.69, 9.17) is 16.3 Å². The van der Waals surface area contributed by atoms with Crippen molar-refractivity contribution in [1.29, 1.82) is 0 Å². The van der Waals surface area contributed by atoms with Gasteiger partial charge in [0.1, 0.15) is 10.7 Å². The molecular formula is C14H11ClF3NO4S. The van der Waals surface area contributed by atoms with E-state index >= 15 is 0 Å². The molecule has 130 valence electrons. The average molecular weight is 382 g/mol. The highest BCUT2D eigenvalue weighted by atomic mass is 35.5. The first-order chi connectivity index (χ1) is 11.2. The topological polar surface area (TPSA) is 64.6 Å². The maximum atomic E-state index is 13.0. The van der Waals surface area contributed by atoms with E-state index in [1.165, 1.54) is 19.2 Å². The van der Waals surface area contributed by atoms with Crippen molar-refractivity contribution in [3.8, 4) is 11.5 Å². The largest absolute Gasteiger partial charge is 0.493 e. The molecule has 10 heteroatoms. The van der Waals surface area contributed by atoms with Gasteiger partial charge >= 0.3 is 6.61 Å². The van der Waals surface area contributed by atoms with Gasteiger partial charge in [0.05, 0.1) is 17.8 Å². The highest BCUT2D eigenvalue weighted by Gasteiger charge is 2.20. The molecule has 0 heterocycles. The second-order valence-electron chi connectivity index (χ2n) is 4.42. The monoisotopic (exact) mass is 381 g/mol. The number of methoxy groups -OCH3 is 1. The molecule has 0 aliphatic carbocycles. The maximum Gasteiger partial charge on any atom is 0.387 e. The molecule has 24 heavy (non-hydrogen) atoms. The highest BCUT2D eigenvalue weighted by molar-refractivity contribution is 7.92. The number of hydrogen-bond acceptors (Lipinski definition) is 4. The van der Waals surface area contributed by atoms with Crippen LogP contribution in [0.15, 0.2) is 41.3 Å². The van der Waals surface area contributed by atoms with Crippen molar-refractivity contribution in [2.24, 2.45) is 0 Å². The molecule has 0 spiro atoms. The number of ether oxygens (including phenoxy) is 2. The summed E-state index contributed by atoms with van der Waals surface area (Å²) in [5.74, 6) is -1.05. The quantitative estimate of drug-likeness (QED) is 0.824. The van der Waals surface area contributed by atoms with Gasteiger partial charge in [0.15, 0.2) is 11.5 Å². The van der Waals surface area contributed by atoms with Crippen molar-refractivity contribution in [2.75, 3.05) is 11.8 Å². The smallest absolute Gasteiger partial charge is 0.387 e. The molecule has 0 fully saturated rings. The Morgan fingerprint density at radius 1 is 1.12 bits per heavy atom. The van der Waals surface area contributed by atoms with Gasteiger partial charge in [-0.05, 0) is 30.3 Å². The zero-order chi connectivity index (χ0) is 17.9. The van der Waals surface area contributed by atoms with E-state index in [-0.39, 0.29) is 27.1 Å².